The molecule has 1 fully saturated rings. The fourth-order valence-corrected chi connectivity index (χ4v) is 2.83. The van der Waals surface area contributed by atoms with Crippen molar-refractivity contribution in [3.05, 3.63) is 41.9 Å². The summed E-state index contributed by atoms with van der Waals surface area (Å²) >= 11 is 5.93. The van der Waals surface area contributed by atoms with Crippen LogP contribution < -0.4 is 4.74 Å². The zero-order valence-corrected chi connectivity index (χ0v) is 15.2. The number of aromatic nitrogens is 3. The Labute approximate surface area is 146 Å². The predicted molar refractivity (Wildman–Crippen MR) is 89.6 cm³/mol. The molecule has 3 rings (SSSR count). The van der Waals surface area contributed by atoms with E-state index in [0.29, 0.717) is 10.8 Å². The van der Waals surface area contributed by atoms with Crippen molar-refractivity contribution in [1.82, 2.24) is 14.8 Å². The fraction of sp³-hybridized carbons (Fsp3) is 0.529. The zero-order valence-electron chi connectivity index (χ0n) is 14.5. The summed E-state index contributed by atoms with van der Waals surface area (Å²) in [7, 11) is 0. The van der Waals surface area contributed by atoms with E-state index in [1.54, 1.807) is 35.3 Å². The number of benzene rings is 1. The molecule has 0 amide bonds. The van der Waals surface area contributed by atoms with Gasteiger partial charge in [0.05, 0.1) is 0 Å². The first-order chi connectivity index (χ1) is 11.2. The van der Waals surface area contributed by atoms with E-state index in [-0.39, 0.29) is 6.10 Å². The summed E-state index contributed by atoms with van der Waals surface area (Å²) in [5, 5.41) is 4.89. The van der Waals surface area contributed by atoms with Gasteiger partial charge < -0.3 is 9.47 Å². The topological polar surface area (TPSA) is 58.4 Å². The highest BCUT2D eigenvalue weighted by molar-refractivity contribution is 6.30. The number of hydrogen-bond acceptors (Lipinski definition) is 5. The van der Waals surface area contributed by atoms with Crippen LogP contribution in [0.1, 0.15) is 34.6 Å². The Morgan fingerprint density at radius 3 is 2.46 bits per heavy atom. The molecule has 0 bridgehead atoms. The Morgan fingerprint density at radius 2 is 1.92 bits per heavy atom. The van der Waals surface area contributed by atoms with Crippen molar-refractivity contribution in [3.8, 4) is 5.75 Å². The van der Waals surface area contributed by atoms with E-state index in [9.17, 15) is 0 Å². The number of hydrogen-bond donors (Lipinski definition) is 0. The molecule has 24 heavy (non-hydrogen) atoms. The molecule has 0 spiro atoms. The molecule has 0 N–H and O–H groups in total. The summed E-state index contributed by atoms with van der Waals surface area (Å²) in [6.45, 7) is 9.84. The van der Waals surface area contributed by atoms with Crippen molar-refractivity contribution in [2.24, 2.45) is 5.41 Å². The van der Waals surface area contributed by atoms with E-state index in [1.807, 2.05) is 34.6 Å². The van der Waals surface area contributed by atoms with Crippen LogP contribution in [0.25, 0.3) is 0 Å². The van der Waals surface area contributed by atoms with Crippen LogP contribution >= 0.6 is 11.6 Å². The first-order valence-corrected chi connectivity index (χ1v) is 8.22. The number of ether oxygens (including phenoxy) is 3. The molecule has 3 atom stereocenters. The molecule has 1 saturated heterocycles. The maximum Gasteiger partial charge on any atom is 0.281 e. The quantitative estimate of drug-likeness (QED) is 0.841. The van der Waals surface area contributed by atoms with Crippen molar-refractivity contribution < 1.29 is 14.2 Å². The molecule has 1 aliphatic rings. The summed E-state index contributed by atoms with van der Waals surface area (Å²) in [6.07, 6.45) is 2.71. The lowest BCUT2D eigenvalue weighted by atomic mass is 9.91. The average molecular weight is 352 g/mol. The highest BCUT2D eigenvalue weighted by atomic mass is 35.5. The third kappa shape index (κ3) is 2.79. The van der Waals surface area contributed by atoms with Gasteiger partial charge in [-0.1, -0.05) is 32.4 Å². The molecule has 2 heterocycles. The first kappa shape index (κ1) is 17.2. The smallest absolute Gasteiger partial charge is 0.281 e. The second-order valence-corrected chi connectivity index (χ2v) is 7.54. The molecule has 0 radical (unpaired) electrons. The third-order valence-electron chi connectivity index (χ3n) is 4.22. The molecule has 0 saturated carbocycles. The van der Waals surface area contributed by atoms with Crippen LogP contribution in [0.2, 0.25) is 5.02 Å². The molecule has 130 valence electrons. The van der Waals surface area contributed by atoms with E-state index in [4.69, 9.17) is 25.8 Å². The lowest BCUT2D eigenvalue weighted by Gasteiger charge is -2.39. The van der Waals surface area contributed by atoms with E-state index >= 15 is 0 Å². The maximum atomic E-state index is 6.37. The fourth-order valence-electron chi connectivity index (χ4n) is 2.70. The number of halogens is 1. The predicted octanol–water partition coefficient (Wildman–Crippen LogP) is 3.82. The monoisotopic (exact) mass is 351 g/mol. The summed E-state index contributed by atoms with van der Waals surface area (Å²) < 4.78 is 20.3. The van der Waals surface area contributed by atoms with Crippen LogP contribution in [-0.4, -0.2) is 26.7 Å². The highest BCUT2D eigenvalue weighted by Crippen LogP contribution is 2.49. The van der Waals surface area contributed by atoms with Crippen LogP contribution in [0.15, 0.2) is 36.9 Å². The van der Waals surface area contributed by atoms with Gasteiger partial charge >= 0.3 is 0 Å². The van der Waals surface area contributed by atoms with Gasteiger partial charge in [0.2, 0.25) is 5.79 Å². The Morgan fingerprint density at radius 1 is 1.25 bits per heavy atom. The van der Waals surface area contributed by atoms with E-state index in [1.165, 1.54) is 6.33 Å². The molecule has 6 nitrogen and oxygen atoms in total. The first-order valence-electron chi connectivity index (χ1n) is 7.84. The molecular formula is C17H22ClN3O3. The maximum absolute atomic E-state index is 6.37. The minimum absolute atomic E-state index is 0.336. The van der Waals surface area contributed by atoms with Gasteiger partial charge in [-0.3, -0.25) is 4.74 Å². The highest BCUT2D eigenvalue weighted by Gasteiger charge is 2.62. The minimum atomic E-state index is -1.12. The minimum Gasteiger partial charge on any atom is -0.460 e. The summed E-state index contributed by atoms with van der Waals surface area (Å²) in [5.41, 5.74) is -0.407. The summed E-state index contributed by atoms with van der Waals surface area (Å²) in [4.78, 5) is 4.03. The standard InChI is InChI=1S/C17H22ClN3O3/c1-12-16(5,23-14-8-6-13(18)7-9-14)24-17(22-12,15(2,3)4)21-11-19-10-20-21/h6-12H,1-5H3. The van der Waals surface area contributed by atoms with E-state index in [2.05, 4.69) is 10.1 Å². The van der Waals surface area contributed by atoms with Crippen LogP contribution in [-0.2, 0) is 15.4 Å². The Balaban J connectivity index is 1.95. The van der Waals surface area contributed by atoms with Gasteiger partial charge in [-0.2, -0.15) is 9.78 Å². The van der Waals surface area contributed by atoms with Gasteiger partial charge in [0.15, 0.2) is 0 Å². The molecule has 7 heteroatoms. The molecule has 1 aromatic heterocycles. The van der Waals surface area contributed by atoms with Crippen molar-refractivity contribution in [2.45, 2.75) is 52.4 Å². The van der Waals surface area contributed by atoms with Gasteiger partial charge in [-0.05, 0) is 31.2 Å². The Kier molecular flexibility index (Phi) is 4.10. The second-order valence-electron chi connectivity index (χ2n) is 7.11. The van der Waals surface area contributed by atoms with Gasteiger partial charge in [0.25, 0.3) is 5.91 Å². The normalized spacial score (nSPS) is 30.5. The Hall–Kier alpha value is -1.63. The summed E-state index contributed by atoms with van der Waals surface area (Å²) in [6, 6.07) is 7.15. The van der Waals surface area contributed by atoms with Crippen molar-refractivity contribution in [2.75, 3.05) is 0 Å². The molecule has 0 aliphatic carbocycles. The number of nitrogens with zero attached hydrogens (tertiary/aromatic N) is 3. The van der Waals surface area contributed by atoms with Gasteiger partial charge in [-0.15, -0.1) is 0 Å². The molecule has 1 aromatic carbocycles. The molecule has 2 aromatic rings. The van der Waals surface area contributed by atoms with Crippen molar-refractivity contribution in [3.63, 3.8) is 0 Å². The molecule has 1 aliphatic heterocycles. The van der Waals surface area contributed by atoms with Crippen LogP contribution in [0.5, 0.6) is 5.75 Å². The summed E-state index contributed by atoms with van der Waals surface area (Å²) in [5.74, 6) is -1.46. The number of rotatable bonds is 3. The van der Waals surface area contributed by atoms with Crippen molar-refractivity contribution >= 4 is 11.6 Å². The van der Waals surface area contributed by atoms with Crippen LogP contribution in [0, 0.1) is 5.41 Å². The largest absolute Gasteiger partial charge is 0.460 e. The van der Waals surface area contributed by atoms with E-state index < -0.39 is 17.1 Å². The lowest BCUT2D eigenvalue weighted by molar-refractivity contribution is -0.330. The van der Waals surface area contributed by atoms with Crippen LogP contribution in [0.4, 0.5) is 0 Å². The van der Waals surface area contributed by atoms with Crippen LogP contribution in [0.3, 0.4) is 0 Å². The van der Waals surface area contributed by atoms with E-state index in [0.717, 1.165) is 0 Å². The average Bonchev–Trinajstić information content (AvgIpc) is 3.09. The molecular weight excluding hydrogens is 330 g/mol. The third-order valence-corrected chi connectivity index (χ3v) is 4.47. The Bertz CT molecular complexity index is 699. The van der Waals surface area contributed by atoms with Gasteiger partial charge in [0, 0.05) is 17.4 Å². The SMILES string of the molecule is CC1OC(n2cncn2)(C(C)(C)C)OC1(C)Oc1ccc(Cl)cc1. The zero-order chi connectivity index (χ0) is 17.6. The van der Waals surface area contributed by atoms with Gasteiger partial charge in [0.1, 0.15) is 24.5 Å². The van der Waals surface area contributed by atoms with Gasteiger partial charge in [-0.25, -0.2) is 4.98 Å². The van der Waals surface area contributed by atoms with Crippen molar-refractivity contribution in [1.29, 1.82) is 0 Å². The lowest BCUT2D eigenvalue weighted by Crippen LogP contribution is -2.49. The second kappa shape index (κ2) is 5.72. The molecule has 3 unspecified atom stereocenters.